The van der Waals surface area contributed by atoms with Gasteiger partial charge in [0, 0.05) is 18.0 Å². The van der Waals surface area contributed by atoms with Gasteiger partial charge in [0.1, 0.15) is 0 Å². The molecule has 0 radical (unpaired) electrons. The van der Waals surface area contributed by atoms with Crippen LogP contribution in [0.5, 0.6) is 0 Å². The van der Waals surface area contributed by atoms with Crippen molar-refractivity contribution in [2.24, 2.45) is 0 Å². The lowest BCUT2D eigenvalue weighted by molar-refractivity contribution is -0.116. The van der Waals surface area contributed by atoms with Crippen LogP contribution in [0.2, 0.25) is 0 Å². The van der Waals surface area contributed by atoms with E-state index in [4.69, 9.17) is 0 Å². The minimum Gasteiger partial charge on any atom is -0.312 e. The molecule has 3 heteroatoms. The number of aryl methyl sites for hydroxylation is 1. The number of hydrogen-bond donors (Lipinski definition) is 0. The third kappa shape index (κ3) is 4.27. The lowest BCUT2D eigenvalue weighted by Gasteiger charge is -2.21. The molecule has 0 aliphatic rings. The summed E-state index contributed by atoms with van der Waals surface area (Å²) in [4.78, 5) is 13.9. The first-order valence-electron chi connectivity index (χ1n) is 5.74. The predicted octanol–water partition coefficient (Wildman–Crippen LogP) is 3.27. The molecule has 0 saturated heterocycles. The average molecular weight is 249 g/mol. The van der Waals surface area contributed by atoms with E-state index in [0.29, 0.717) is 12.3 Å². The van der Waals surface area contributed by atoms with Crippen molar-refractivity contribution in [3.05, 3.63) is 42.5 Å². The minimum absolute atomic E-state index is 0.157. The van der Waals surface area contributed by atoms with Gasteiger partial charge in [0.15, 0.2) is 0 Å². The van der Waals surface area contributed by atoms with Gasteiger partial charge in [-0.3, -0.25) is 4.79 Å². The molecular weight excluding hydrogens is 230 g/mol. The third-order valence-electron chi connectivity index (χ3n) is 2.39. The summed E-state index contributed by atoms with van der Waals surface area (Å²) in [5.74, 6) is 1.48. The van der Waals surface area contributed by atoms with Crippen molar-refractivity contribution in [1.82, 2.24) is 0 Å². The molecule has 1 amide bonds. The number of carbonyl (C=O) groups excluding carboxylic acids is 1. The van der Waals surface area contributed by atoms with Gasteiger partial charge in [-0.25, -0.2) is 0 Å². The van der Waals surface area contributed by atoms with E-state index >= 15 is 0 Å². The fraction of sp³-hybridized carbons (Fsp3) is 0.357. The molecule has 0 aliphatic heterocycles. The summed E-state index contributed by atoms with van der Waals surface area (Å²) in [5.41, 5.74) is 2.16. The summed E-state index contributed by atoms with van der Waals surface area (Å²) in [6.07, 6.45) is 1.82. The largest absolute Gasteiger partial charge is 0.312 e. The Labute approximate surface area is 108 Å². The normalized spacial score (nSPS) is 10.0. The van der Waals surface area contributed by atoms with E-state index < -0.39 is 0 Å². The molecule has 0 fully saturated rings. The first-order chi connectivity index (χ1) is 8.19. The van der Waals surface area contributed by atoms with Crippen LogP contribution in [-0.2, 0) is 4.79 Å². The molecule has 0 bridgehead atoms. The van der Waals surface area contributed by atoms with Gasteiger partial charge in [-0.05, 0) is 31.5 Å². The fourth-order valence-electron chi connectivity index (χ4n) is 1.61. The number of carbonyl (C=O) groups is 1. The van der Waals surface area contributed by atoms with E-state index in [1.807, 2.05) is 49.1 Å². The van der Waals surface area contributed by atoms with E-state index in [2.05, 4.69) is 6.58 Å². The molecule has 0 saturated carbocycles. The van der Waals surface area contributed by atoms with Crippen LogP contribution in [0.1, 0.15) is 12.5 Å². The summed E-state index contributed by atoms with van der Waals surface area (Å²) >= 11 is 1.59. The van der Waals surface area contributed by atoms with Crippen LogP contribution in [0.25, 0.3) is 0 Å². The van der Waals surface area contributed by atoms with Crippen molar-refractivity contribution >= 4 is 23.4 Å². The molecule has 1 aromatic rings. The molecule has 92 valence electrons. The van der Waals surface area contributed by atoms with Crippen LogP contribution < -0.4 is 4.90 Å². The second-order valence-electron chi connectivity index (χ2n) is 3.78. The Balaban J connectivity index is 2.70. The molecule has 0 atom stereocenters. The number of hydrogen-bond acceptors (Lipinski definition) is 2. The van der Waals surface area contributed by atoms with E-state index in [0.717, 1.165) is 11.4 Å². The number of benzene rings is 1. The zero-order chi connectivity index (χ0) is 12.7. The van der Waals surface area contributed by atoms with Gasteiger partial charge in [-0.2, -0.15) is 0 Å². The highest BCUT2D eigenvalue weighted by atomic mass is 32.2. The summed E-state index contributed by atoms with van der Waals surface area (Å²) in [6.45, 7) is 8.39. The van der Waals surface area contributed by atoms with Gasteiger partial charge in [0.25, 0.3) is 0 Å². The monoisotopic (exact) mass is 249 g/mol. The van der Waals surface area contributed by atoms with Gasteiger partial charge in [-0.15, -0.1) is 18.3 Å². The van der Waals surface area contributed by atoms with E-state index in [1.165, 1.54) is 5.56 Å². The summed E-state index contributed by atoms with van der Waals surface area (Å²) in [5, 5.41) is 0. The highest BCUT2D eigenvalue weighted by Crippen LogP contribution is 2.17. The maximum Gasteiger partial charge on any atom is 0.236 e. The van der Waals surface area contributed by atoms with Gasteiger partial charge in [-0.1, -0.05) is 18.2 Å². The Hall–Kier alpha value is -1.22. The highest BCUT2D eigenvalue weighted by molar-refractivity contribution is 8.00. The van der Waals surface area contributed by atoms with E-state index in [-0.39, 0.29) is 5.91 Å². The lowest BCUT2D eigenvalue weighted by Crippen LogP contribution is -2.32. The predicted molar refractivity (Wildman–Crippen MR) is 76.7 cm³/mol. The zero-order valence-corrected chi connectivity index (χ0v) is 11.3. The van der Waals surface area contributed by atoms with Crippen molar-refractivity contribution in [3.8, 4) is 0 Å². The summed E-state index contributed by atoms with van der Waals surface area (Å²) in [6, 6.07) is 8.04. The lowest BCUT2D eigenvalue weighted by atomic mass is 10.2. The maximum atomic E-state index is 12.0. The molecule has 0 N–H and O–H groups in total. The molecule has 0 aliphatic carbocycles. The molecule has 0 aromatic heterocycles. The molecule has 1 aromatic carbocycles. The van der Waals surface area contributed by atoms with Crippen LogP contribution in [0, 0.1) is 6.92 Å². The Morgan fingerprint density at radius 3 is 2.88 bits per heavy atom. The second-order valence-corrected chi connectivity index (χ2v) is 4.81. The van der Waals surface area contributed by atoms with Gasteiger partial charge in [0.2, 0.25) is 5.91 Å². The highest BCUT2D eigenvalue weighted by Gasteiger charge is 2.13. The fourth-order valence-corrected chi connectivity index (χ4v) is 2.22. The molecule has 2 nitrogen and oxygen atoms in total. The topological polar surface area (TPSA) is 20.3 Å². The van der Waals surface area contributed by atoms with Gasteiger partial charge in [0.05, 0.1) is 5.75 Å². The maximum absolute atomic E-state index is 12.0. The number of nitrogens with zero attached hydrogens (tertiary/aromatic N) is 1. The summed E-state index contributed by atoms with van der Waals surface area (Å²) in [7, 11) is 0. The smallest absolute Gasteiger partial charge is 0.236 e. The molecule has 17 heavy (non-hydrogen) atoms. The van der Waals surface area contributed by atoms with Crippen molar-refractivity contribution < 1.29 is 4.79 Å². The van der Waals surface area contributed by atoms with Crippen molar-refractivity contribution in [2.75, 3.05) is 23.0 Å². The second kappa shape index (κ2) is 7.17. The van der Waals surface area contributed by atoms with Crippen LogP contribution in [0.15, 0.2) is 36.9 Å². The zero-order valence-electron chi connectivity index (χ0n) is 10.5. The number of anilines is 1. The van der Waals surface area contributed by atoms with Crippen LogP contribution in [-0.4, -0.2) is 24.0 Å². The summed E-state index contributed by atoms with van der Waals surface area (Å²) < 4.78 is 0. The molecular formula is C14H19NOS. The minimum atomic E-state index is 0.157. The van der Waals surface area contributed by atoms with Crippen molar-refractivity contribution in [2.45, 2.75) is 13.8 Å². The molecule has 1 rings (SSSR count). The Bertz CT molecular complexity index is 390. The van der Waals surface area contributed by atoms with E-state index in [9.17, 15) is 4.79 Å². The SMILES string of the molecule is C=CCSCC(=O)N(CC)c1cccc(C)c1. The van der Waals surface area contributed by atoms with Crippen LogP contribution >= 0.6 is 11.8 Å². The Morgan fingerprint density at radius 1 is 1.53 bits per heavy atom. The Morgan fingerprint density at radius 2 is 2.29 bits per heavy atom. The molecule has 0 spiro atoms. The van der Waals surface area contributed by atoms with Crippen molar-refractivity contribution in [1.29, 1.82) is 0 Å². The van der Waals surface area contributed by atoms with Crippen LogP contribution in [0.4, 0.5) is 5.69 Å². The number of thioether (sulfide) groups is 1. The molecule has 0 unspecified atom stereocenters. The Kier molecular flexibility index (Phi) is 5.84. The number of rotatable bonds is 6. The van der Waals surface area contributed by atoms with Gasteiger partial charge < -0.3 is 4.90 Å². The first kappa shape index (κ1) is 13.8. The van der Waals surface area contributed by atoms with Crippen molar-refractivity contribution in [3.63, 3.8) is 0 Å². The quantitative estimate of drug-likeness (QED) is 0.569. The first-order valence-corrected chi connectivity index (χ1v) is 6.90. The standard InChI is InChI=1S/C14H19NOS/c1-4-9-17-11-14(16)15(5-2)13-8-6-7-12(3)10-13/h4,6-8,10H,1,5,9,11H2,2-3H3. The van der Waals surface area contributed by atoms with E-state index in [1.54, 1.807) is 11.8 Å². The third-order valence-corrected chi connectivity index (χ3v) is 3.31. The number of amides is 1. The van der Waals surface area contributed by atoms with Gasteiger partial charge >= 0.3 is 0 Å². The molecule has 0 heterocycles. The average Bonchev–Trinajstić information content (AvgIpc) is 2.30. The van der Waals surface area contributed by atoms with Crippen LogP contribution in [0.3, 0.4) is 0 Å².